The standard InChI is InChI=1S/C35H37FN4O4S/c36-31-13-8-30(9-14-31)26-40(33(24-28-6-2-1-3-7-28)35(42)38-25-29-18-20-37-21-19-29)34(41)17-12-27-10-15-32(16-11-27)45(43,44)39-22-4-5-23-39/h1-3,6-11,13-16,18-21,33H,4-5,12,17,22-26H2,(H,38,42). The number of carbonyl (C=O) groups is 2. The van der Waals surface area contributed by atoms with Crippen LogP contribution in [0, 0.1) is 5.82 Å². The highest BCUT2D eigenvalue weighted by atomic mass is 32.2. The van der Waals surface area contributed by atoms with Crippen molar-refractivity contribution in [1.82, 2.24) is 19.5 Å². The highest BCUT2D eigenvalue weighted by molar-refractivity contribution is 7.89. The minimum absolute atomic E-state index is 0.0995. The number of aryl methyl sites for hydroxylation is 1. The fraction of sp³-hybridized carbons (Fsp3) is 0.286. The van der Waals surface area contributed by atoms with E-state index >= 15 is 0 Å². The zero-order valence-corrected chi connectivity index (χ0v) is 25.8. The highest BCUT2D eigenvalue weighted by Crippen LogP contribution is 2.22. The van der Waals surface area contributed by atoms with E-state index in [4.69, 9.17) is 0 Å². The number of nitrogens with zero attached hydrogens (tertiary/aromatic N) is 3. The largest absolute Gasteiger partial charge is 0.350 e. The van der Waals surface area contributed by atoms with E-state index in [0.717, 1.165) is 29.5 Å². The second-order valence-corrected chi connectivity index (χ2v) is 13.1. The van der Waals surface area contributed by atoms with E-state index < -0.39 is 16.1 Å². The van der Waals surface area contributed by atoms with E-state index in [1.165, 1.54) is 16.4 Å². The van der Waals surface area contributed by atoms with Crippen molar-refractivity contribution in [2.24, 2.45) is 0 Å². The first-order valence-electron chi connectivity index (χ1n) is 15.1. The highest BCUT2D eigenvalue weighted by Gasteiger charge is 2.31. The first kappa shape index (κ1) is 32.0. The predicted molar refractivity (Wildman–Crippen MR) is 170 cm³/mol. The Kier molecular flexibility index (Phi) is 10.7. The fourth-order valence-electron chi connectivity index (χ4n) is 5.45. The van der Waals surface area contributed by atoms with E-state index in [-0.39, 0.29) is 42.0 Å². The van der Waals surface area contributed by atoms with Crippen LogP contribution in [0.2, 0.25) is 0 Å². The predicted octanol–water partition coefficient (Wildman–Crippen LogP) is 4.89. The van der Waals surface area contributed by atoms with E-state index in [9.17, 15) is 22.4 Å². The Morgan fingerprint density at radius 2 is 1.47 bits per heavy atom. The molecule has 0 radical (unpaired) electrons. The minimum Gasteiger partial charge on any atom is -0.350 e. The third-order valence-electron chi connectivity index (χ3n) is 8.01. The number of aromatic nitrogens is 1. The van der Waals surface area contributed by atoms with Crippen molar-refractivity contribution in [3.05, 3.63) is 131 Å². The first-order chi connectivity index (χ1) is 21.8. The van der Waals surface area contributed by atoms with Gasteiger partial charge in [-0.15, -0.1) is 0 Å². The van der Waals surface area contributed by atoms with Gasteiger partial charge in [-0.1, -0.05) is 54.6 Å². The van der Waals surface area contributed by atoms with Gasteiger partial charge < -0.3 is 10.2 Å². The van der Waals surface area contributed by atoms with Crippen molar-refractivity contribution in [2.75, 3.05) is 13.1 Å². The number of sulfonamides is 1. The Labute approximate surface area is 264 Å². The van der Waals surface area contributed by atoms with Gasteiger partial charge in [0.05, 0.1) is 4.90 Å². The molecule has 2 heterocycles. The van der Waals surface area contributed by atoms with Gasteiger partial charge in [0.2, 0.25) is 21.8 Å². The van der Waals surface area contributed by atoms with Crippen LogP contribution in [0.1, 0.15) is 41.5 Å². The van der Waals surface area contributed by atoms with Crippen molar-refractivity contribution < 1.29 is 22.4 Å². The van der Waals surface area contributed by atoms with Crippen LogP contribution in [0.5, 0.6) is 0 Å². The molecule has 45 heavy (non-hydrogen) atoms. The normalized spacial score (nSPS) is 14.2. The molecule has 5 rings (SSSR count). The molecule has 1 fully saturated rings. The van der Waals surface area contributed by atoms with Crippen LogP contribution in [0.15, 0.2) is 108 Å². The molecule has 1 aliphatic heterocycles. The first-order valence-corrected chi connectivity index (χ1v) is 16.6. The van der Waals surface area contributed by atoms with E-state index in [1.54, 1.807) is 53.7 Å². The van der Waals surface area contributed by atoms with Crippen molar-refractivity contribution in [2.45, 2.75) is 56.1 Å². The summed E-state index contributed by atoms with van der Waals surface area (Å²) in [7, 11) is -3.53. The van der Waals surface area contributed by atoms with E-state index in [0.29, 0.717) is 31.5 Å². The lowest BCUT2D eigenvalue weighted by Crippen LogP contribution is -2.50. The molecule has 8 nitrogen and oxygen atoms in total. The third kappa shape index (κ3) is 8.61. The Balaban J connectivity index is 1.36. The number of amides is 2. The zero-order valence-electron chi connectivity index (χ0n) is 25.0. The van der Waals surface area contributed by atoms with Gasteiger partial charge in [0.15, 0.2) is 0 Å². The summed E-state index contributed by atoms with van der Waals surface area (Å²) < 4.78 is 41.1. The average Bonchev–Trinajstić information content (AvgIpc) is 3.63. The van der Waals surface area contributed by atoms with E-state index in [1.807, 2.05) is 42.5 Å². The molecule has 2 amide bonds. The van der Waals surface area contributed by atoms with Crippen LogP contribution in [0.4, 0.5) is 4.39 Å². The van der Waals surface area contributed by atoms with Crippen LogP contribution in [0.3, 0.4) is 0 Å². The monoisotopic (exact) mass is 628 g/mol. The van der Waals surface area contributed by atoms with Crippen molar-refractivity contribution in [3.8, 4) is 0 Å². The summed E-state index contributed by atoms with van der Waals surface area (Å²) in [6.07, 6.45) is 5.78. The number of hydrogen-bond acceptors (Lipinski definition) is 5. The summed E-state index contributed by atoms with van der Waals surface area (Å²) in [5.41, 5.74) is 3.28. The van der Waals surface area contributed by atoms with Gasteiger partial charge in [-0.2, -0.15) is 4.31 Å². The molecule has 10 heteroatoms. The zero-order chi connectivity index (χ0) is 31.6. The van der Waals surface area contributed by atoms with Gasteiger partial charge in [-0.3, -0.25) is 14.6 Å². The number of hydrogen-bond donors (Lipinski definition) is 1. The maximum absolute atomic E-state index is 14.0. The fourth-order valence-corrected chi connectivity index (χ4v) is 6.97. The molecule has 0 saturated carbocycles. The molecule has 0 spiro atoms. The molecule has 4 aromatic rings. The Morgan fingerprint density at radius 1 is 0.822 bits per heavy atom. The Hall–Kier alpha value is -4.41. The summed E-state index contributed by atoms with van der Waals surface area (Å²) in [5.74, 6) is -0.932. The van der Waals surface area contributed by atoms with Gasteiger partial charge in [-0.25, -0.2) is 12.8 Å². The molecule has 0 bridgehead atoms. The number of nitrogens with one attached hydrogen (secondary N) is 1. The molecule has 234 valence electrons. The third-order valence-corrected chi connectivity index (χ3v) is 9.92. The van der Waals surface area contributed by atoms with Crippen LogP contribution in [-0.4, -0.2) is 53.6 Å². The summed E-state index contributed by atoms with van der Waals surface area (Å²) in [4.78, 5) is 33.6. The van der Waals surface area contributed by atoms with Gasteiger partial charge >= 0.3 is 0 Å². The quantitative estimate of drug-likeness (QED) is 0.227. The maximum atomic E-state index is 14.0. The van der Waals surface area contributed by atoms with Crippen molar-refractivity contribution in [3.63, 3.8) is 0 Å². The second kappa shape index (κ2) is 15.0. The Morgan fingerprint density at radius 3 is 2.13 bits per heavy atom. The molecule has 1 unspecified atom stereocenters. The summed E-state index contributed by atoms with van der Waals surface area (Å²) in [5, 5.41) is 2.99. The molecule has 1 aromatic heterocycles. The smallest absolute Gasteiger partial charge is 0.243 e. The average molecular weight is 629 g/mol. The van der Waals surface area contributed by atoms with E-state index in [2.05, 4.69) is 10.3 Å². The van der Waals surface area contributed by atoms with Crippen LogP contribution >= 0.6 is 0 Å². The van der Waals surface area contributed by atoms with Crippen LogP contribution in [-0.2, 0) is 45.5 Å². The molecule has 3 aromatic carbocycles. The summed E-state index contributed by atoms with van der Waals surface area (Å²) in [6, 6.07) is 24.9. The van der Waals surface area contributed by atoms with Crippen LogP contribution in [0.25, 0.3) is 0 Å². The lowest BCUT2D eigenvalue weighted by atomic mass is 10.0. The number of rotatable bonds is 13. The number of carbonyl (C=O) groups excluding carboxylic acids is 2. The number of benzene rings is 3. The lowest BCUT2D eigenvalue weighted by Gasteiger charge is -2.32. The van der Waals surface area contributed by atoms with Gasteiger partial charge in [0, 0.05) is 51.4 Å². The topological polar surface area (TPSA) is 99.7 Å². The van der Waals surface area contributed by atoms with Crippen molar-refractivity contribution >= 4 is 21.8 Å². The van der Waals surface area contributed by atoms with Gasteiger partial charge in [-0.05, 0) is 77.9 Å². The minimum atomic E-state index is -3.53. The van der Waals surface area contributed by atoms with Crippen LogP contribution < -0.4 is 5.32 Å². The number of pyridine rings is 1. The molecule has 0 aliphatic carbocycles. The molecule has 1 atom stereocenters. The SMILES string of the molecule is O=C(NCc1ccncc1)C(Cc1ccccc1)N(Cc1ccc(F)cc1)C(=O)CCc1ccc(S(=O)(=O)N2CCCC2)cc1. The molecular formula is C35H37FN4O4S. The number of halogens is 1. The van der Waals surface area contributed by atoms with Gasteiger partial charge in [0.25, 0.3) is 0 Å². The second-order valence-electron chi connectivity index (χ2n) is 11.2. The lowest BCUT2D eigenvalue weighted by molar-refractivity contribution is -0.141. The Bertz CT molecular complexity index is 1660. The summed E-state index contributed by atoms with van der Waals surface area (Å²) >= 11 is 0. The van der Waals surface area contributed by atoms with Crippen molar-refractivity contribution in [1.29, 1.82) is 0 Å². The molecule has 1 aliphatic rings. The molecule has 1 saturated heterocycles. The summed E-state index contributed by atoms with van der Waals surface area (Å²) in [6.45, 7) is 1.45. The molecular weight excluding hydrogens is 591 g/mol. The maximum Gasteiger partial charge on any atom is 0.243 e. The van der Waals surface area contributed by atoms with Gasteiger partial charge in [0.1, 0.15) is 11.9 Å². The molecule has 1 N–H and O–H groups in total.